The number of anilines is 1. The van der Waals surface area contributed by atoms with E-state index in [2.05, 4.69) is 20.5 Å². The zero-order valence-electron chi connectivity index (χ0n) is 10.0. The molecule has 2 aromatic rings. The van der Waals surface area contributed by atoms with Gasteiger partial charge in [0.2, 0.25) is 0 Å². The van der Waals surface area contributed by atoms with Crippen LogP contribution in [-0.2, 0) is 7.05 Å². The third-order valence-electron chi connectivity index (χ3n) is 2.37. The van der Waals surface area contributed by atoms with Crippen LogP contribution in [-0.4, -0.2) is 26.8 Å². The molecule has 0 amide bonds. The molecule has 0 radical (unpaired) electrons. The van der Waals surface area contributed by atoms with Gasteiger partial charge in [0, 0.05) is 14.1 Å². The third kappa shape index (κ3) is 2.55. The molecule has 2 aromatic heterocycles. The van der Waals surface area contributed by atoms with Gasteiger partial charge in [-0.3, -0.25) is 0 Å². The Hall–Kier alpha value is -0.980. The average molecular weight is 304 g/mol. The standard InChI is InChI=1S/C10H11Cl2N5S/c1-5-15-16-10(17(5)3)18-9-7(12)4-6(11)8(13-2)14-9/h4H,1-3H3,(H,13,14). The Labute approximate surface area is 119 Å². The molecule has 1 N–H and O–H groups in total. The Kier molecular flexibility index (Phi) is 3.99. The lowest BCUT2D eigenvalue weighted by molar-refractivity contribution is 0.764. The van der Waals surface area contributed by atoms with Crippen LogP contribution in [0, 0.1) is 6.92 Å². The number of hydrogen-bond donors (Lipinski definition) is 1. The number of halogens is 2. The van der Waals surface area contributed by atoms with Gasteiger partial charge in [0.1, 0.15) is 16.7 Å². The number of hydrogen-bond acceptors (Lipinski definition) is 5. The zero-order chi connectivity index (χ0) is 13.3. The van der Waals surface area contributed by atoms with Crippen LogP contribution in [0.5, 0.6) is 0 Å². The minimum atomic E-state index is 0.487. The quantitative estimate of drug-likeness (QED) is 0.944. The van der Waals surface area contributed by atoms with E-state index in [0.717, 1.165) is 11.0 Å². The molecule has 0 spiro atoms. The largest absolute Gasteiger partial charge is 0.372 e. The van der Waals surface area contributed by atoms with Gasteiger partial charge in [-0.05, 0) is 24.8 Å². The third-order valence-corrected chi connectivity index (χ3v) is 4.11. The highest BCUT2D eigenvalue weighted by Gasteiger charge is 2.13. The summed E-state index contributed by atoms with van der Waals surface area (Å²) in [5, 5.41) is 13.3. The molecule has 0 saturated heterocycles. The predicted molar refractivity (Wildman–Crippen MR) is 73.7 cm³/mol. The Balaban J connectivity index is 2.37. The summed E-state index contributed by atoms with van der Waals surface area (Å²) in [5.74, 6) is 1.42. The minimum Gasteiger partial charge on any atom is -0.372 e. The van der Waals surface area contributed by atoms with Gasteiger partial charge in [0.15, 0.2) is 5.16 Å². The van der Waals surface area contributed by atoms with E-state index in [1.165, 1.54) is 11.8 Å². The first kappa shape index (κ1) is 13.5. The van der Waals surface area contributed by atoms with Crippen LogP contribution >= 0.6 is 35.0 Å². The summed E-state index contributed by atoms with van der Waals surface area (Å²) in [5.41, 5.74) is 0. The molecule has 0 aliphatic rings. The lowest BCUT2D eigenvalue weighted by Crippen LogP contribution is -1.97. The Morgan fingerprint density at radius 1 is 1.28 bits per heavy atom. The van der Waals surface area contributed by atoms with Crippen LogP contribution in [0.2, 0.25) is 10.0 Å². The molecule has 5 nitrogen and oxygen atoms in total. The molecular formula is C10H11Cl2N5S. The lowest BCUT2D eigenvalue weighted by Gasteiger charge is -2.07. The van der Waals surface area contributed by atoms with E-state index in [4.69, 9.17) is 23.2 Å². The molecule has 0 aromatic carbocycles. The van der Waals surface area contributed by atoms with Gasteiger partial charge >= 0.3 is 0 Å². The summed E-state index contributed by atoms with van der Waals surface area (Å²) >= 11 is 13.5. The van der Waals surface area contributed by atoms with Crippen LogP contribution in [0.4, 0.5) is 5.82 Å². The maximum Gasteiger partial charge on any atom is 0.197 e. The molecular weight excluding hydrogens is 293 g/mol. The summed E-state index contributed by atoms with van der Waals surface area (Å²) in [7, 11) is 3.64. The Morgan fingerprint density at radius 2 is 2.00 bits per heavy atom. The van der Waals surface area contributed by atoms with Gasteiger partial charge in [0.05, 0.1) is 10.0 Å². The number of aryl methyl sites for hydroxylation is 1. The molecule has 0 unspecified atom stereocenters. The number of rotatable bonds is 3. The topological polar surface area (TPSA) is 55.6 Å². The summed E-state index contributed by atoms with van der Waals surface area (Å²) in [6.45, 7) is 1.88. The van der Waals surface area contributed by atoms with E-state index in [0.29, 0.717) is 20.9 Å². The van der Waals surface area contributed by atoms with Gasteiger partial charge in [-0.25, -0.2) is 4.98 Å². The second-order valence-corrected chi connectivity index (χ2v) is 5.32. The van der Waals surface area contributed by atoms with E-state index in [1.54, 1.807) is 13.1 Å². The van der Waals surface area contributed by atoms with Gasteiger partial charge in [-0.15, -0.1) is 10.2 Å². The normalized spacial score (nSPS) is 10.7. The fourth-order valence-electron chi connectivity index (χ4n) is 1.26. The zero-order valence-corrected chi connectivity index (χ0v) is 12.4. The molecule has 2 rings (SSSR count). The van der Waals surface area contributed by atoms with Gasteiger partial charge in [0.25, 0.3) is 0 Å². The van der Waals surface area contributed by atoms with Gasteiger partial charge < -0.3 is 9.88 Å². The molecule has 96 valence electrons. The van der Waals surface area contributed by atoms with E-state index >= 15 is 0 Å². The molecule has 0 atom stereocenters. The van der Waals surface area contributed by atoms with Crippen LogP contribution in [0.25, 0.3) is 0 Å². The van der Waals surface area contributed by atoms with Crippen molar-refractivity contribution in [2.45, 2.75) is 17.1 Å². The summed E-state index contributed by atoms with van der Waals surface area (Å²) in [4.78, 5) is 4.34. The first-order chi connectivity index (χ1) is 8.52. The molecule has 18 heavy (non-hydrogen) atoms. The van der Waals surface area contributed by atoms with Crippen molar-refractivity contribution in [3.63, 3.8) is 0 Å². The van der Waals surface area contributed by atoms with Crippen molar-refractivity contribution in [1.82, 2.24) is 19.7 Å². The van der Waals surface area contributed by atoms with Crippen molar-refractivity contribution in [1.29, 1.82) is 0 Å². The van der Waals surface area contributed by atoms with E-state index < -0.39 is 0 Å². The number of nitrogens with zero attached hydrogens (tertiary/aromatic N) is 4. The van der Waals surface area contributed by atoms with Crippen LogP contribution in [0.15, 0.2) is 16.2 Å². The van der Waals surface area contributed by atoms with E-state index in [1.807, 2.05) is 18.5 Å². The molecule has 0 fully saturated rings. The fourth-order valence-corrected chi connectivity index (χ4v) is 2.65. The summed E-state index contributed by atoms with van der Waals surface area (Å²) in [6.07, 6.45) is 0. The molecule has 0 saturated carbocycles. The monoisotopic (exact) mass is 303 g/mol. The molecule has 0 bridgehead atoms. The average Bonchev–Trinajstić information content (AvgIpc) is 2.64. The Bertz CT molecular complexity index is 584. The number of aromatic nitrogens is 4. The maximum atomic E-state index is 6.11. The smallest absolute Gasteiger partial charge is 0.197 e. The second kappa shape index (κ2) is 5.34. The number of nitrogens with one attached hydrogen (secondary N) is 1. The molecule has 2 heterocycles. The Morgan fingerprint density at radius 3 is 2.56 bits per heavy atom. The molecule has 8 heteroatoms. The first-order valence-electron chi connectivity index (χ1n) is 5.10. The van der Waals surface area contributed by atoms with Crippen molar-refractivity contribution in [3.05, 3.63) is 21.9 Å². The summed E-state index contributed by atoms with van der Waals surface area (Å²) in [6, 6.07) is 1.66. The minimum absolute atomic E-state index is 0.487. The van der Waals surface area contributed by atoms with Gasteiger partial charge in [-0.2, -0.15) is 0 Å². The predicted octanol–water partition coefficient (Wildman–Crippen LogP) is 3.02. The summed E-state index contributed by atoms with van der Waals surface area (Å²) < 4.78 is 1.87. The molecule has 0 aliphatic heterocycles. The van der Waals surface area contributed by atoms with E-state index in [9.17, 15) is 0 Å². The lowest BCUT2D eigenvalue weighted by atomic mass is 10.4. The second-order valence-electron chi connectivity index (χ2n) is 3.55. The van der Waals surface area contributed by atoms with Crippen LogP contribution < -0.4 is 5.32 Å². The highest BCUT2D eigenvalue weighted by atomic mass is 35.5. The highest BCUT2D eigenvalue weighted by Crippen LogP contribution is 2.34. The number of pyridine rings is 1. The van der Waals surface area contributed by atoms with Gasteiger partial charge in [-0.1, -0.05) is 23.2 Å². The van der Waals surface area contributed by atoms with Crippen molar-refractivity contribution >= 4 is 40.8 Å². The highest BCUT2D eigenvalue weighted by molar-refractivity contribution is 7.99. The van der Waals surface area contributed by atoms with Crippen LogP contribution in [0.3, 0.4) is 0 Å². The van der Waals surface area contributed by atoms with Crippen molar-refractivity contribution in [2.75, 3.05) is 12.4 Å². The van der Waals surface area contributed by atoms with Crippen molar-refractivity contribution in [2.24, 2.45) is 7.05 Å². The van der Waals surface area contributed by atoms with E-state index in [-0.39, 0.29) is 0 Å². The van der Waals surface area contributed by atoms with Crippen molar-refractivity contribution in [3.8, 4) is 0 Å². The fraction of sp³-hybridized carbons (Fsp3) is 0.300. The van der Waals surface area contributed by atoms with Crippen molar-refractivity contribution < 1.29 is 0 Å². The maximum absolute atomic E-state index is 6.11. The first-order valence-corrected chi connectivity index (χ1v) is 6.67. The SMILES string of the molecule is CNc1nc(Sc2nnc(C)n2C)c(Cl)cc1Cl. The van der Waals surface area contributed by atoms with Crippen LogP contribution in [0.1, 0.15) is 5.82 Å². The molecule has 0 aliphatic carbocycles.